The summed E-state index contributed by atoms with van der Waals surface area (Å²) in [5.41, 5.74) is 1.68. The Morgan fingerprint density at radius 2 is 1.21 bits per heavy atom. The van der Waals surface area contributed by atoms with Crippen molar-refractivity contribution in [2.45, 2.75) is 40.5 Å². The number of benzene rings is 3. The van der Waals surface area contributed by atoms with Gasteiger partial charge in [0, 0.05) is 10.6 Å². The van der Waals surface area contributed by atoms with Crippen LogP contribution in [-0.2, 0) is 12.8 Å². The molecule has 210 valence electrons. The van der Waals surface area contributed by atoms with Crippen molar-refractivity contribution >= 4 is 11.6 Å². The molecule has 0 radical (unpaired) electrons. The topological polar surface area (TPSA) is 57.2 Å². The summed E-state index contributed by atoms with van der Waals surface area (Å²) >= 11 is 5.92. The Labute approximate surface area is 225 Å². The van der Waals surface area contributed by atoms with E-state index in [9.17, 15) is 17.6 Å². The molecule has 0 amide bonds. The van der Waals surface area contributed by atoms with Crippen LogP contribution in [0.4, 0.5) is 17.6 Å². The van der Waals surface area contributed by atoms with Gasteiger partial charge >= 0.3 is 6.18 Å². The van der Waals surface area contributed by atoms with Crippen LogP contribution in [0.25, 0.3) is 0 Å². The molecule has 0 heterocycles. The van der Waals surface area contributed by atoms with Crippen LogP contribution in [0, 0.1) is 33.5 Å². The van der Waals surface area contributed by atoms with Gasteiger partial charge in [0.2, 0.25) is 5.75 Å². The second-order valence-electron chi connectivity index (χ2n) is 8.19. The Morgan fingerprint density at radius 1 is 0.737 bits per heavy atom. The average molecular weight is 561 g/mol. The maximum Gasteiger partial charge on any atom is 0.416 e. The number of aryl methyl sites for hydroxylation is 3. The Hall–Kier alpha value is -3.17. The number of methoxy groups -OCH3 is 4. The van der Waals surface area contributed by atoms with Crippen LogP contribution in [0.5, 0.6) is 23.0 Å². The highest BCUT2D eigenvalue weighted by Gasteiger charge is 2.33. The third-order valence-electron chi connectivity index (χ3n) is 5.33. The number of aliphatic hydroxyl groups excluding tert-OH is 1. The molecule has 3 aromatic carbocycles. The third-order valence-corrected chi connectivity index (χ3v) is 5.72. The molecular formula is C28H33ClF4O5. The summed E-state index contributed by atoms with van der Waals surface area (Å²) in [6, 6.07) is 9.11. The van der Waals surface area contributed by atoms with Crippen molar-refractivity contribution < 1.29 is 41.6 Å². The number of ether oxygens (including phenoxy) is 4. The molecule has 1 N–H and O–H groups in total. The molecule has 0 aliphatic rings. The van der Waals surface area contributed by atoms with Crippen LogP contribution in [0.15, 0.2) is 36.4 Å². The van der Waals surface area contributed by atoms with Crippen molar-refractivity contribution in [1.29, 1.82) is 0 Å². The largest absolute Gasteiger partial charge is 0.496 e. The SMILES string of the molecule is COc1cc(C)cc(Cl)c1C.COc1cc(C)cc(OC)c1OC.Cc1cc(C(F)(F)F)c(CO)cc1F. The van der Waals surface area contributed by atoms with Crippen LogP contribution in [0.3, 0.4) is 0 Å². The zero-order chi connectivity index (χ0) is 29.2. The van der Waals surface area contributed by atoms with E-state index < -0.39 is 29.7 Å². The molecule has 10 heteroatoms. The van der Waals surface area contributed by atoms with Gasteiger partial charge in [0.15, 0.2) is 11.5 Å². The number of alkyl halides is 3. The van der Waals surface area contributed by atoms with E-state index >= 15 is 0 Å². The lowest BCUT2D eigenvalue weighted by Gasteiger charge is -2.12. The lowest BCUT2D eigenvalue weighted by Crippen LogP contribution is -2.10. The van der Waals surface area contributed by atoms with E-state index in [2.05, 4.69) is 0 Å². The number of hydrogen-bond donors (Lipinski definition) is 1. The lowest BCUT2D eigenvalue weighted by molar-refractivity contribution is -0.138. The van der Waals surface area contributed by atoms with E-state index in [1.807, 2.05) is 45.0 Å². The van der Waals surface area contributed by atoms with Crippen molar-refractivity contribution in [2.75, 3.05) is 28.4 Å². The van der Waals surface area contributed by atoms with Gasteiger partial charge in [-0.2, -0.15) is 13.2 Å². The fourth-order valence-electron chi connectivity index (χ4n) is 3.32. The molecule has 0 saturated heterocycles. The quantitative estimate of drug-likeness (QED) is 0.325. The van der Waals surface area contributed by atoms with E-state index in [4.69, 9.17) is 35.7 Å². The summed E-state index contributed by atoms with van der Waals surface area (Å²) in [6.07, 6.45) is -4.56. The molecule has 5 nitrogen and oxygen atoms in total. The fraction of sp³-hybridized carbons (Fsp3) is 0.357. The van der Waals surface area contributed by atoms with Crippen molar-refractivity contribution in [3.8, 4) is 23.0 Å². The van der Waals surface area contributed by atoms with Gasteiger partial charge in [0.1, 0.15) is 11.6 Å². The first kappa shape index (κ1) is 32.9. The monoisotopic (exact) mass is 560 g/mol. The number of aliphatic hydroxyl groups is 1. The van der Waals surface area contributed by atoms with Gasteiger partial charge in [-0.15, -0.1) is 0 Å². The molecule has 0 aliphatic carbocycles. The van der Waals surface area contributed by atoms with Crippen molar-refractivity contribution in [3.63, 3.8) is 0 Å². The van der Waals surface area contributed by atoms with E-state index in [0.29, 0.717) is 29.4 Å². The van der Waals surface area contributed by atoms with E-state index in [0.717, 1.165) is 27.5 Å². The minimum atomic E-state index is -4.56. The summed E-state index contributed by atoms with van der Waals surface area (Å²) in [7, 11) is 6.46. The highest BCUT2D eigenvalue weighted by atomic mass is 35.5. The summed E-state index contributed by atoms with van der Waals surface area (Å²) in [6.45, 7) is 6.33. The minimum absolute atomic E-state index is 0.0884. The first-order valence-electron chi connectivity index (χ1n) is 11.3. The van der Waals surface area contributed by atoms with Crippen LogP contribution in [-0.4, -0.2) is 33.5 Å². The molecule has 0 unspecified atom stereocenters. The molecule has 3 aromatic rings. The number of rotatable bonds is 5. The fourth-order valence-corrected chi connectivity index (χ4v) is 3.59. The van der Waals surface area contributed by atoms with E-state index in [1.165, 1.54) is 6.92 Å². The summed E-state index contributed by atoms with van der Waals surface area (Å²) < 4.78 is 70.4. The minimum Gasteiger partial charge on any atom is -0.496 e. The Morgan fingerprint density at radius 3 is 1.63 bits per heavy atom. The van der Waals surface area contributed by atoms with E-state index in [-0.39, 0.29) is 5.56 Å². The highest BCUT2D eigenvalue weighted by Crippen LogP contribution is 2.38. The van der Waals surface area contributed by atoms with Gasteiger partial charge in [-0.3, -0.25) is 0 Å². The van der Waals surface area contributed by atoms with Gasteiger partial charge in [0.05, 0.1) is 40.6 Å². The predicted octanol–water partition coefficient (Wildman–Crippen LogP) is 7.63. The molecule has 0 fully saturated rings. The molecule has 0 atom stereocenters. The zero-order valence-electron chi connectivity index (χ0n) is 22.6. The Bertz CT molecular complexity index is 1190. The molecule has 0 aliphatic heterocycles. The number of halogens is 5. The molecule has 0 aromatic heterocycles. The van der Waals surface area contributed by atoms with Gasteiger partial charge in [-0.25, -0.2) is 4.39 Å². The van der Waals surface area contributed by atoms with Gasteiger partial charge < -0.3 is 24.1 Å². The van der Waals surface area contributed by atoms with Crippen molar-refractivity contribution in [2.24, 2.45) is 0 Å². The summed E-state index contributed by atoms with van der Waals surface area (Å²) in [4.78, 5) is 0. The zero-order valence-corrected chi connectivity index (χ0v) is 23.4. The highest BCUT2D eigenvalue weighted by molar-refractivity contribution is 6.31. The van der Waals surface area contributed by atoms with Crippen LogP contribution < -0.4 is 18.9 Å². The smallest absolute Gasteiger partial charge is 0.416 e. The molecular weight excluding hydrogens is 528 g/mol. The molecule has 0 saturated carbocycles. The second kappa shape index (κ2) is 14.7. The third kappa shape index (κ3) is 8.99. The first-order valence-corrected chi connectivity index (χ1v) is 11.7. The van der Waals surface area contributed by atoms with Crippen LogP contribution >= 0.6 is 11.6 Å². The van der Waals surface area contributed by atoms with Crippen LogP contribution in [0.1, 0.15) is 33.4 Å². The molecule has 38 heavy (non-hydrogen) atoms. The first-order chi connectivity index (χ1) is 17.7. The van der Waals surface area contributed by atoms with Crippen molar-refractivity contribution in [3.05, 3.63) is 80.6 Å². The molecule has 0 bridgehead atoms. The predicted molar refractivity (Wildman–Crippen MR) is 140 cm³/mol. The van der Waals surface area contributed by atoms with Gasteiger partial charge in [-0.05, 0) is 86.3 Å². The number of hydrogen-bond acceptors (Lipinski definition) is 5. The Balaban J connectivity index is 0.000000287. The second-order valence-corrected chi connectivity index (χ2v) is 8.60. The standard InChI is InChI=1S/C10H14O3.C9H11ClO.C9H8F4O/c1-7-5-8(11-2)10(13-4)9(6-7)12-3;1-6-4-8(10)7(2)9(5-6)11-3;1-5-2-7(9(11,12)13)6(4-14)3-8(5)10/h5-6H,1-4H3;4-5H,1-3H3;2-3,14H,4H2,1H3. The van der Waals surface area contributed by atoms with Gasteiger partial charge in [-0.1, -0.05) is 11.6 Å². The summed E-state index contributed by atoms with van der Waals surface area (Å²) in [5, 5.41) is 9.40. The maximum absolute atomic E-state index is 12.9. The average Bonchev–Trinajstić information content (AvgIpc) is 2.86. The van der Waals surface area contributed by atoms with E-state index in [1.54, 1.807) is 28.4 Å². The molecule has 3 rings (SSSR count). The molecule has 0 spiro atoms. The summed E-state index contributed by atoms with van der Waals surface area (Å²) in [5.74, 6) is 2.13. The van der Waals surface area contributed by atoms with Crippen LogP contribution in [0.2, 0.25) is 5.02 Å². The lowest BCUT2D eigenvalue weighted by atomic mass is 10.0. The van der Waals surface area contributed by atoms with Crippen molar-refractivity contribution in [1.82, 2.24) is 0 Å². The Kier molecular flexibility index (Phi) is 12.7. The van der Waals surface area contributed by atoms with Gasteiger partial charge in [0.25, 0.3) is 0 Å². The maximum atomic E-state index is 12.9. The normalized spacial score (nSPS) is 10.5.